The van der Waals surface area contributed by atoms with Crippen molar-refractivity contribution < 1.29 is 0 Å². The van der Waals surface area contributed by atoms with Gasteiger partial charge >= 0.3 is 0 Å². The SMILES string of the molecule is [C-]#[N+]C(C)c1ccc(C)s1. The van der Waals surface area contributed by atoms with E-state index < -0.39 is 0 Å². The molecular weight excluding hydrogens is 142 g/mol. The molecule has 1 nitrogen and oxygen atoms in total. The van der Waals surface area contributed by atoms with Crippen LogP contribution in [0.3, 0.4) is 0 Å². The molecule has 2 heteroatoms. The predicted molar refractivity (Wildman–Crippen MR) is 44.1 cm³/mol. The first-order valence-corrected chi connectivity index (χ1v) is 3.98. The highest BCUT2D eigenvalue weighted by Gasteiger charge is 2.09. The first-order chi connectivity index (χ1) is 4.74. The molecule has 1 heterocycles. The summed E-state index contributed by atoms with van der Waals surface area (Å²) in [6, 6.07) is 4.13. The van der Waals surface area contributed by atoms with Crippen molar-refractivity contribution in [3.05, 3.63) is 33.3 Å². The maximum absolute atomic E-state index is 6.79. The lowest BCUT2D eigenvalue weighted by molar-refractivity contribution is 0.991. The second kappa shape index (κ2) is 2.85. The first-order valence-electron chi connectivity index (χ1n) is 3.17. The van der Waals surface area contributed by atoms with Crippen molar-refractivity contribution in [2.24, 2.45) is 0 Å². The van der Waals surface area contributed by atoms with Gasteiger partial charge in [-0.2, -0.15) is 0 Å². The largest absolute Gasteiger partial charge is 0.308 e. The second-order valence-electron chi connectivity index (χ2n) is 2.25. The molecule has 10 heavy (non-hydrogen) atoms. The summed E-state index contributed by atoms with van der Waals surface area (Å²) < 4.78 is 0. The fraction of sp³-hybridized carbons (Fsp3) is 0.375. The Morgan fingerprint density at radius 2 is 2.30 bits per heavy atom. The van der Waals surface area contributed by atoms with E-state index in [1.807, 2.05) is 13.0 Å². The molecule has 1 unspecified atom stereocenters. The Morgan fingerprint density at radius 1 is 1.60 bits per heavy atom. The first kappa shape index (κ1) is 7.30. The van der Waals surface area contributed by atoms with Crippen LogP contribution in [0.1, 0.15) is 22.7 Å². The Bertz CT molecular complexity index is 256. The van der Waals surface area contributed by atoms with Gasteiger partial charge in [-0.1, -0.05) is 0 Å². The Labute approximate surface area is 65.1 Å². The van der Waals surface area contributed by atoms with E-state index in [9.17, 15) is 0 Å². The number of hydrogen-bond acceptors (Lipinski definition) is 1. The molecule has 0 saturated heterocycles. The summed E-state index contributed by atoms with van der Waals surface area (Å²) >= 11 is 1.71. The van der Waals surface area contributed by atoms with Gasteiger partial charge in [0.15, 0.2) is 0 Å². The van der Waals surface area contributed by atoms with E-state index >= 15 is 0 Å². The fourth-order valence-corrected chi connectivity index (χ4v) is 1.61. The van der Waals surface area contributed by atoms with Gasteiger partial charge in [0.1, 0.15) is 0 Å². The Morgan fingerprint density at radius 3 is 2.70 bits per heavy atom. The number of aryl methyl sites for hydroxylation is 1. The average molecular weight is 151 g/mol. The van der Waals surface area contributed by atoms with E-state index in [1.165, 1.54) is 9.75 Å². The van der Waals surface area contributed by atoms with Gasteiger partial charge in [0.2, 0.25) is 0 Å². The van der Waals surface area contributed by atoms with Crippen LogP contribution in [0.2, 0.25) is 0 Å². The zero-order chi connectivity index (χ0) is 7.56. The van der Waals surface area contributed by atoms with Crippen molar-refractivity contribution in [1.29, 1.82) is 0 Å². The summed E-state index contributed by atoms with van der Waals surface area (Å²) in [5.74, 6) is 0. The van der Waals surface area contributed by atoms with Crippen molar-refractivity contribution in [2.75, 3.05) is 0 Å². The summed E-state index contributed by atoms with van der Waals surface area (Å²) in [6.07, 6.45) is 0. The Kier molecular flexibility index (Phi) is 2.08. The maximum atomic E-state index is 6.79. The van der Waals surface area contributed by atoms with Gasteiger partial charge in [-0.05, 0) is 19.1 Å². The summed E-state index contributed by atoms with van der Waals surface area (Å²) in [4.78, 5) is 5.89. The zero-order valence-electron chi connectivity index (χ0n) is 6.09. The smallest absolute Gasteiger partial charge is 0.254 e. The lowest BCUT2D eigenvalue weighted by Crippen LogP contribution is -1.77. The highest BCUT2D eigenvalue weighted by atomic mass is 32.1. The van der Waals surface area contributed by atoms with Crippen LogP contribution in [0.15, 0.2) is 12.1 Å². The molecule has 0 N–H and O–H groups in total. The summed E-state index contributed by atoms with van der Waals surface area (Å²) in [5, 5.41) is 0. The fourth-order valence-electron chi connectivity index (χ4n) is 0.742. The van der Waals surface area contributed by atoms with E-state index in [2.05, 4.69) is 17.8 Å². The molecule has 0 aromatic carbocycles. The molecule has 0 saturated carbocycles. The Hall–Kier alpha value is -0.810. The molecule has 1 aromatic rings. The Balaban J connectivity index is 2.87. The van der Waals surface area contributed by atoms with Crippen molar-refractivity contribution in [3.63, 3.8) is 0 Å². The lowest BCUT2D eigenvalue weighted by atomic mass is 10.3. The molecule has 0 aliphatic heterocycles. The third-order valence-electron chi connectivity index (χ3n) is 1.37. The van der Waals surface area contributed by atoms with Crippen LogP contribution in [-0.2, 0) is 0 Å². The minimum atomic E-state index is 0.0405. The van der Waals surface area contributed by atoms with Gasteiger partial charge in [0.05, 0.1) is 4.88 Å². The standard InChI is InChI=1S/C8H9NS/c1-6-4-5-8(10-6)7(2)9-3/h4-5,7H,1-2H3. The number of rotatable bonds is 1. The van der Waals surface area contributed by atoms with Gasteiger partial charge in [-0.25, -0.2) is 6.57 Å². The monoisotopic (exact) mass is 151 g/mol. The summed E-state index contributed by atoms with van der Waals surface area (Å²) in [7, 11) is 0. The summed E-state index contributed by atoms with van der Waals surface area (Å²) in [6.45, 7) is 10.8. The number of thiophene rings is 1. The quantitative estimate of drug-likeness (QED) is 0.543. The van der Waals surface area contributed by atoms with Gasteiger partial charge < -0.3 is 4.85 Å². The molecule has 0 radical (unpaired) electrons. The van der Waals surface area contributed by atoms with E-state index in [4.69, 9.17) is 6.57 Å². The highest BCUT2D eigenvalue weighted by molar-refractivity contribution is 7.12. The van der Waals surface area contributed by atoms with Crippen molar-refractivity contribution in [1.82, 2.24) is 0 Å². The molecule has 52 valence electrons. The van der Waals surface area contributed by atoms with Crippen LogP contribution in [0.5, 0.6) is 0 Å². The molecule has 0 aliphatic carbocycles. The zero-order valence-corrected chi connectivity index (χ0v) is 6.90. The van der Waals surface area contributed by atoms with Crippen LogP contribution in [0.4, 0.5) is 0 Å². The van der Waals surface area contributed by atoms with Crippen LogP contribution in [0, 0.1) is 13.5 Å². The molecule has 0 bridgehead atoms. The molecular formula is C8H9NS. The molecule has 0 aliphatic rings. The maximum Gasteiger partial charge on any atom is 0.254 e. The van der Waals surface area contributed by atoms with E-state index in [0.717, 1.165) is 0 Å². The minimum absolute atomic E-state index is 0.0405. The van der Waals surface area contributed by atoms with E-state index in [1.54, 1.807) is 11.3 Å². The molecule has 1 atom stereocenters. The third-order valence-corrected chi connectivity index (χ3v) is 2.54. The normalized spacial score (nSPS) is 12.5. The predicted octanol–water partition coefficient (Wildman–Crippen LogP) is 3.04. The van der Waals surface area contributed by atoms with Gasteiger partial charge in [-0.3, -0.25) is 0 Å². The highest BCUT2D eigenvalue weighted by Crippen LogP contribution is 2.24. The topological polar surface area (TPSA) is 4.36 Å². The lowest BCUT2D eigenvalue weighted by Gasteiger charge is -1.90. The molecule has 1 rings (SSSR count). The average Bonchev–Trinajstić information content (AvgIpc) is 2.34. The van der Waals surface area contributed by atoms with Gasteiger partial charge in [0, 0.05) is 11.8 Å². The van der Waals surface area contributed by atoms with Crippen LogP contribution in [-0.4, -0.2) is 0 Å². The number of nitrogens with zero attached hydrogens (tertiary/aromatic N) is 1. The summed E-state index contributed by atoms with van der Waals surface area (Å²) in [5.41, 5.74) is 0. The second-order valence-corrected chi connectivity index (χ2v) is 3.57. The molecule has 1 aromatic heterocycles. The van der Waals surface area contributed by atoms with Crippen molar-refractivity contribution >= 4 is 11.3 Å². The molecule has 0 amide bonds. The van der Waals surface area contributed by atoms with E-state index in [0.29, 0.717) is 0 Å². The number of hydrogen-bond donors (Lipinski definition) is 0. The van der Waals surface area contributed by atoms with Gasteiger partial charge in [0.25, 0.3) is 6.04 Å². The third kappa shape index (κ3) is 1.37. The van der Waals surface area contributed by atoms with Gasteiger partial charge in [-0.15, -0.1) is 11.3 Å². The van der Waals surface area contributed by atoms with Crippen molar-refractivity contribution in [3.8, 4) is 0 Å². The minimum Gasteiger partial charge on any atom is -0.308 e. The van der Waals surface area contributed by atoms with Crippen molar-refractivity contribution in [2.45, 2.75) is 19.9 Å². The van der Waals surface area contributed by atoms with Crippen LogP contribution in [0.25, 0.3) is 4.85 Å². The van der Waals surface area contributed by atoms with Crippen LogP contribution >= 0.6 is 11.3 Å². The molecule has 0 spiro atoms. The molecule has 0 fully saturated rings. The van der Waals surface area contributed by atoms with E-state index in [-0.39, 0.29) is 6.04 Å². The van der Waals surface area contributed by atoms with Crippen LogP contribution < -0.4 is 0 Å².